The van der Waals surface area contributed by atoms with Crippen LogP contribution in [0.2, 0.25) is 0 Å². The summed E-state index contributed by atoms with van der Waals surface area (Å²) in [5.74, 6) is 0.133. The Hall–Kier alpha value is -0.830. The van der Waals surface area contributed by atoms with Crippen molar-refractivity contribution in [1.29, 1.82) is 0 Å². The first kappa shape index (κ1) is 14.2. The average molecular weight is 239 g/mol. The lowest BCUT2D eigenvalue weighted by Gasteiger charge is -2.38. The van der Waals surface area contributed by atoms with Crippen molar-refractivity contribution in [3.05, 3.63) is 11.8 Å². The van der Waals surface area contributed by atoms with E-state index in [4.69, 9.17) is 0 Å². The number of Topliss-reactive ketones (excluding diaryl/α,β-unsaturated/α-hetero) is 1. The fourth-order valence-electron chi connectivity index (χ4n) is 2.69. The predicted molar refractivity (Wildman–Crippen MR) is 69.6 cm³/mol. The van der Waals surface area contributed by atoms with Gasteiger partial charge in [-0.15, -0.1) is 0 Å². The zero-order valence-electron chi connectivity index (χ0n) is 11.7. The molecule has 17 heavy (non-hydrogen) atoms. The number of hydrogen-bond acceptors (Lipinski definition) is 3. The highest BCUT2D eigenvalue weighted by molar-refractivity contribution is 5.79. The maximum Gasteiger partial charge on any atom is 0.133 e. The van der Waals surface area contributed by atoms with Gasteiger partial charge in [0.25, 0.3) is 0 Å². The van der Waals surface area contributed by atoms with Gasteiger partial charge < -0.3 is 10.0 Å². The molecule has 0 saturated carbocycles. The number of ketones is 1. The summed E-state index contributed by atoms with van der Waals surface area (Å²) in [5, 5.41) is 10.2. The number of carbonyl (C=O) groups is 1. The van der Waals surface area contributed by atoms with Crippen LogP contribution in [-0.2, 0) is 4.79 Å². The molecule has 0 aromatic carbocycles. The molecule has 1 aliphatic carbocycles. The van der Waals surface area contributed by atoms with E-state index in [9.17, 15) is 9.90 Å². The van der Waals surface area contributed by atoms with Gasteiger partial charge in [-0.05, 0) is 53.5 Å². The van der Waals surface area contributed by atoms with Crippen LogP contribution >= 0.6 is 0 Å². The number of hydrogen-bond donors (Lipinski definition) is 1. The van der Waals surface area contributed by atoms with Crippen molar-refractivity contribution in [2.24, 2.45) is 5.92 Å². The predicted octanol–water partition coefficient (Wildman–Crippen LogP) is 2.35. The van der Waals surface area contributed by atoms with Crippen LogP contribution < -0.4 is 0 Å². The second-order valence-electron chi connectivity index (χ2n) is 5.59. The molecule has 0 aromatic heterocycles. The standard InChI is InChI=1S/C14H25NO2/c1-6-15(10(2)3)13-7-12(11(4)16)8-14(5,17)9-13/h9-10,12,17H,6-8H2,1-5H3. The molecule has 2 atom stereocenters. The monoisotopic (exact) mass is 239 g/mol. The van der Waals surface area contributed by atoms with E-state index < -0.39 is 5.60 Å². The summed E-state index contributed by atoms with van der Waals surface area (Å²) in [7, 11) is 0. The molecule has 0 amide bonds. The normalized spacial score (nSPS) is 29.1. The van der Waals surface area contributed by atoms with Crippen LogP contribution in [-0.4, -0.2) is 34.0 Å². The highest BCUT2D eigenvalue weighted by Crippen LogP contribution is 2.33. The van der Waals surface area contributed by atoms with E-state index in [1.807, 2.05) is 6.08 Å². The minimum absolute atomic E-state index is 0.0437. The fraction of sp³-hybridized carbons (Fsp3) is 0.786. The quantitative estimate of drug-likeness (QED) is 0.818. The Morgan fingerprint density at radius 1 is 1.65 bits per heavy atom. The summed E-state index contributed by atoms with van der Waals surface area (Å²) in [6, 6.07) is 0.396. The molecule has 0 aromatic rings. The Morgan fingerprint density at radius 3 is 2.65 bits per heavy atom. The van der Waals surface area contributed by atoms with E-state index in [-0.39, 0.29) is 11.7 Å². The van der Waals surface area contributed by atoms with Gasteiger partial charge in [0.1, 0.15) is 5.78 Å². The molecule has 0 heterocycles. The Labute approximate surface area is 105 Å². The van der Waals surface area contributed by atoms with E-state index in [2.05, 4.69) is 25.7 Å². The third kappa shape index (κ3) is 3.56. The zero-order valence-corrected chi connectivity index (χ0v) is 11.7. The first-order valence-electron chi connectivity index (χ1n) is 6.48. The van der Waals surface area contributed by atoms with Crippen LogP contribution in [0, 0.1) is 5.92 Å². The van der Waals surface area contributed by atoms with Crippen molar-refractivity contribution in [1.82, 2.24) is 4.90 Å². The lowest BCUT2D eigenvalue weighted by molar-refractivity contribution is -0.122. The number of nitrogens with zero attached hydrogens (tertiary/aromatic N) is 1. The first-order valence-corrected chi connectivity index (χ1v) is 6.48. The number of allylic oxidation sites excluding steroid dienone is 1. The molecule has 3 nitrogen and oxygen atoms in total. The third-order valence-electron chi connectivity index (χ3n) is 3.50. The van der Waals surface area contributed by atoms with E-state index in [0.29, 0.717) is 12.5 Å². The Kier molecular flexibility index (Phi) is 4.36. The van der Waals surface area contributed by atoms with Gasteiger partial charge in [0, 0.05) is 24.2 Å². The van der Waals surface area contributed by atoms with Gasteiger partial charge in [-0.3, -0.25) is 4.79 Å². The molecule has 0 aliphatic heterocycles. The van der Waals surface area contributed by atoms with Gasteiger partial charge >= 0.3 is 0 Å². The number of aliphatic hydroxyl groups is 1. The highest BCUT2D eigenvalue weighted by Gasteiger charge is 2.33. The molecule has 2 unspecified atom stereocenters. The molecule has 3 heteroatoms. The molecular formula is C14H25NO2. The average Bonchev–Trinajstić information content (AvgIpc) is 2.15. The van der Waals surface area contributed by atoms with Crippen LogP contribution in [0.25, 0.3) is 0 Å². The summed E-state index contributed by atoms with van der Waals surface area (Å²) < 4.78 is 0. The lowest BCUT2D eigenvalue weighted by atomic mass is 9.80. The molecule has 0 fully saturated rings. The third-order valence-corrected chi connectivity index (χ3v) is 3.50. The summed E-state index contributed by atoms with van der Waals surface area (Å²) in [4.78, 5) is 13.8. The van der Waals surface area contributed by atoms with E-state index in [1.165, 1.54) is 0 Å². The number of carbonyl (C=O) groups excluding carboxylic acids is 1. The van der Waals surface area contributed by atoms with Crippen LogP contribution in [0.1, 0.15) is 47.5 Å². The van der Waals surface area contributed by atoms with E-state index in [0.717, 1.165) is 18.7 Å². The van der Waals surface area contributed by atoms with Gasteiger partial charge in [0.05, 0.1) is 5.60 Å². The van der Waals surface area contributed by atoms with Gasteiger partial charge in [-0.25, -0.2) is 0 Å². The molecule has 0 radical (unpaired) electrons. The minimum atomic E-state index is -0.855. The minimum Gasteiger partial charge on any atom is -0.386 e. The van der Waals surface area contributed by atoms with Crippen molar-refractivity contribution >= 4 is 5.78 Å². The maximum absolute atomic E-state index is 11.6. The molecule has 0 spiro atoms. The highest BCUT2D eigenvalue weighted by atomic mass is 16.3. The Morgan fingerprint density at radius 2 is 2.24 bits per heavy atom. The van der Waals surface area contributed by atoms with Crippen molar-refractivity contribution in [3.63, 3.8) is 0 Å². The van der Waals surface area contributed by atoms with Crippen LogP contribution in [0.4, 0.5) is 0 Å². The molecular weight excluding hydrogens is 214 g/mol. The molecule has 1 N–H and O–H groups in total. The Balaban J connectivity index is 2.97. The second-order valence-corrected chi connectivity index (χ2v) is 5.59. The largest absolute Gasteiger partial charge is 0.386 e. The summed E-state index contributed by atoms with van der Waals surface area (Å²) in [6.45, 7) is 10.7. The van der Waals surface area contributed by atoms with Gasteiger partial charge in [-0.1, -0.05) is 0 Å². The Bertz CT molecular complexity index is 318. The second kappa shape index (κ2) is 5.21. The summed E-state index contributed by atoms with van der Waals surface area (Å²) in [5.41, 5.74) is 0.255. The maximum atomic E-state index is 11.6. The van der Waals surface area contributed by atoms with E-state index >= 15 is 0 Å². The first-order chi connectivity index (χ1) is 7.76. The SMILES string of the molecule is CCN(C1=CC(C)(O)CC(C(C)=O)C1)C(C)C. The van der Waals surface area contributed by atoms with Gasteiger partial charge in [-0.2, -0.15) is 0 Å². The van der Waals surface area contributed by atoms with Crippen molar-refractivity contribution in [2.45, 2.75) is 59.1 Å². The lowest BCUT2D eigenvalue weighted by Crippen LogP contribution is -2.39. The number of rotatable bonds is 4. The fourth-order valence-corrected chi connectivity index (χ4v) is 2.69. The van der Waals surface area contributed by atoms with Crippen LogP contribution in [0.15, 0.2) is 11.8 Å². The smallest absolute Gasteiger partial charge is 0.133 e. The molecule has 1 rings (SSSR count). The van der Waals surface area contributed by atoms with E-state index in [1.54, 1.807) is 13.8 Å². The zero-order chi connectivity index (χ0) is 13.2. The van der Waals surface area contributed by atoms with Gasteiger partial charge in [0.2, 0.25) is 0 Å². The molecule has 0 bridgehead atoms. The topological polar surface area (TPSA) is 40.5 Å². The van der Waals surface area contributed by atoms with Crippen molar-refractivity contribution < 1.29 is 9.90 Å². The van der Waals surface area contributed by atoms with Crippen molar-refractivity contribution in [3.8, 4) is 0 Å². The summed E-state index contributed by atoms with van der Waals surface area (Å²) >= 11 is 0. The van der Waals surface area contributed by atoms with Crippen LogP contribution in [0.3, 0.4) is 0 Å². The van der Waals surface area contributed by atoms with Crippen LogP contribution in [0.5, 0.6) is 0 Å². The van der Waals surface area contributed by atoms with Crippen molar-refractivity contribution in [2.75, 3.05) is 6.54 Å². The van der Waals surface area contributed by atoms with Gasteiger partial charge in [0.15, 0.2) is 0 Å². The molecule has 0 saturated heterocycles. The summed E-state index contributed by atoms with van der Waals surface area (Å²) in [6.07, 6.45) is 3.23. The molecule has 1 aliphatic rings. The molecule has 98 valence electrons.